The van der Waals surface area contributed by atoms with E-state index in [0.29, 0.717) is 0 Å². The minimum absolute atomic E-state index is 0.0256. The van der Waals surface area contributed by atoms with Crippen LogP contribution in [0, 0.1) is 6.92 Å². The number of rotatable bonds is 3. The Hall–Kier alpha value is -1.95. The molecule has 2 aromatic rings. The molecule has 18 heavy (non-hydrogen) atoms. The molecule has 2 rings (SSSR count). The van der Waals surface area contributed by atoms with Gasteiger partial charge in [0.25, 0.3) is 5.91 Å². The highest BCUT2D eigenvalue weighted by molar-refractivity contribution is 7.09. The molecule has 2 heterocycles. The average molecular weight is 263 g/mol. The van der Waals surface area contributed by atoms with Gasteiger partial charge >= 0.3 is 0 Å². The highest BCUT2D eigenvalue weighted by Gasteiger charge is 2.17. The van der Waals surface area contributed by atoms with Crippen molar-refractivity contribution in [1.29, 1.82) is 0 Å². The molecule has 1 unspecified atom stereocenters. The topological polar surface area (TPSA) is 75.1 Å². The van der Waals surface area contributed by atoms with Crippen molar-refractivity contribution in [3.8, 4) is 5.75 Å². The molecule has 6 heteroatoms. The zero-order valence-electron chi connectivity index (χ0n) is 10.0. The highest BCUT2D eigenvalue weighted by atomic mass is 32.1. The third-order valence-electron chi connectivity index (χ3n) is 2.36. The van der Waals surface area contributed by atoms with Gasteiger partial charge in [-0.3, -0.25) is 4.79 Å². The number of aromatic nitrogens is 2. The first-order chi connectivity index (χ1) is 8.58. The van der Waals surface area contributed by atoms with Gasteiger partial charge in [-0.15, -0.1) is 11.3 Å². The van der Waals surface area contributed by atoms with E-state index in [2.05, 4.69) is 15.3 Å². The number of carbonyl (C=O) groups excluding carboxylic acids is 1. The van der Waals surface area contributed by atoms with E-state index in [4.69, 9.17) is 0 Å². The number of thiazole rings is 1. The molecule has 0 bridgehead atoms. The fraction of sp³-hybridized carbons (Fsp3) is 0.250. The number of aryl methyl sites for hydroxylation is 1. The second kappa shape index (κ2) is 5.14. The number of hydrogen-bond acceptors (Lipinski definition) is 5. The Morgan fingerprint density at radius 2 is 2.33 bits per heavy atom. The summed E-state index contributed by atoms with van der Waals surface area (Å²) in [5.74, 6) is -0.536. The summed E-state index contributed by atoms with van der Waals surface area (Å²) in [7, 11) is 0. The van der Waals surface area contributed by atoms with Crippen molar-refractivity contribution >= 4 is 17.2 Å². The lowest BCUT2D eigenvalue weighted by atomic mass is 10.2. The normalized spacial score (nSPS) is 12.1. The van der Waals surface area contributed by atoms with Crippen LogP contribution in [-0.4, -0.2) is 21.0 Å². The molecule has 1 amide bonds. The molecule has 0 aliphatic heterocycles. The Morgan fingerprint density at radius 1 is 1.56 bits per heavy atom. The Balaban J connectivity index is 2.10. The lowest BCUT2D eigenvalue weighted by molar-refractivity contribution is 0.0932. The molecule has 0 spiro atoms. The van der Waals surface area contributed by atoms with E-state index in [9.17, 15) is 9.90 Å². The average Bonchev–Trinajstić information content (AvgIpc) is 2.76. The maximum atomic E-state index is 11.9. The van der Waals surface area contributed by atoms with E-state index in [1.807, 2.05) is 19.2 Å². The molecule has 1 atom stereocenters. The second-order valence-electron chi connectivity index (χ2n) is 3.89. The van der Waals surface area contributed by atoms with Crippen molar-refractivity contribution < 1.29 is 9.90 Å². The van der Waals surface area contributed by atoms with Gasteiger partial charge in [-0.1, -0.05) is 0 Å². The zero-order chi connectivity index (χ0) is 13.1. The SMILES string of the molecule is Cc1csc(C(C)NC(=O)c2ncccc2O)n1. The summed E-state index contributed by atoms with van der Waals surface area (Å²) in [6, 6.07) is 2.79. The van der Waals surface area contributed by atoms with E-state index in [1.54, 1.807) is 6.07 Å². The fourth-order valence-corrected chi connectivity index (χ4v) is 2.27. The van der Waals surface area contributed by atoms with Crippen molar-refractivity contribution in [2.45, 2.75) is 19.9 Å². The molecular weight excluding hydrogens is 250 g/mol. The standard InChI is InChI=1S/C12H13N3O2S/c1-7-6-18-12(14-7)8(2)15-11(17)10-9(16)4-3-5-13-10/h3-6,8,16H,1-2H3,(H,15,17). The molecule has 2 aromatic heterocycles. The van der Waals surface area contributed by atoms with Crippen LogP contribution in [0.5, 0.6) is 5.75 Å². The maximum Gasteiger partial charge on any atom is 0.274 e. The molecule has 0 saturated carbocycles. The molecule has 0 aliphatic rings. The van der Waals surface area contributed by atoms with Crippen molar-refractivity contribution in [2.75, 3.05) is 0 Å². The molecule has 2 N–H and O–H groups in total. The van der Waals surface area contributed by atoms with Crippen molar-refractivity contribution in [2.24, 2.45) is 0 Å². The van der Waals surface area contributed by atoms with Gasteiger partial charge in [-0.2, -0.15) is 0 Å². The van der Waals surface area contributed by atoms with Crippen molar-refractivity contribution in [3.63, 3.8) is 0 Å². The fourth-order valence-electron chi connectivity index (χ4n) is 1.47. The Bertz CT molecular complexity index is 568. The molecule has 0 saturated heterocycles. The van der Waals surface area contributed by atoms with Crippen molar-refractivity contribution in [3.05, 3.63) is 40.1 Å². The molecule has 5 nitrogen and oxygen atoms in total. The van der Waals surface area contributed by atoms with Crippen LogP contribution in [0.3, 0.4) is 0 Å². The van der Waals surface area contributed by atoms with E-state index in [0.717, 1.165) is 10.7 Å². The van der Waals surface area contributed by atoms with E-state index >= 15 is 0 Å². The Labute approximate surface area is 109 Å². The predicted octanol–water partition coefficient (Wildman–Crippen LogP) is 2.04. The summed E-state index contributed by atoms with van der Waals surface area (Å²) >= 11 is 1.49. The van der Waals surface area contributed by atoms with Gasteiger partial charge in [0.05, 0.1) is 6.04 Å². The van der Waals surface area contributed by atoms with Crippen LogP contribution in [0.25, 0.3) is 0 Å². The Morgan fingerprint density at radius 3 is 2.94 bits per heavy atom. The van der Waals surface area contributed by atoms with Crippen LogP contribution < -0.4 is 5.32 Å². The second-order valence-corrected chi connectivity index (χ2v) is 4.78. The summed E-state index contributed by atoms with van der Waals surface area (Å²) in [6.45, 7) is 3.75. The third kappa shape index (κ3) is 2.65. The number of amides is 1. The van der Waals surface area contributed by atoms with Gasteiger partial charge in [0.15, 0.2) is 5.69 Å². The summed E-state index contributed by atoms with van der Waals surface area (Å²) in [6.07, 6.45) is 1.47. The number of aromatic hydroxyl groups is 1. The van der Waals surface area contributed by atoms with Gasteiger partial charge < -0.3 is 10.4 Å². The lowest BCUT2D eigenvalue weighted by Gasteiger charge is -2.11. The van der Waals surface area contributed by atoms with Crippen LogP contribution in [0.2, 0.25) is 0 Å². The minimum Gasteiger partial charge on any atom is -0.505 e. The predicted molar refractivity (Wildman–Crippen MR) is 68.6 cm³/mol. The molecule has 94 valence electrons. The summed E-state index contributed by atoms with van der Waals surface area (Å²) < 4.78 is 0. The molecule has 0 radical (unpaired) electrons. The number of nitrogens with zero attached hydrogens (tertiary/aromatic N) is 2. The van der Waals surface area contributed by atoms with E-state index in [-0.39, 0.29) is 17.5 Å². The minimum atomic E-state index is -0.409. The number of nitrogens with one attached hydrogen (secondary N) is 1. The van der Waals surface area contributed by atoms with Crippen molar-refractivity contribution in [1.82, 2.24) is 15.3 Å². The third-order valence-corrected chi connectivity index (χ3v) is 3.50. The molecule has 0 fully saturated rings. The first kappa shape index (κ1) is 12.5. The molecule has 0 aliphatic carbocycles. The first-order valence-electron chi connectivity index (χ1n) is 5.45. The van der Waals surface area contributed by atoms with Crippen LogP contribution in [0.1, 0.15) is 34.2 Å². The smallest absolute Gasteiger partial charge is 0.274 e. The summed E-state index contributed by atoms with van der Waals surface area (Å²) in [5.41, 5.74) is 0.953. The van der Waals surface area contributed by atoms with Crippen LogP contribution in [-0.2, 0) is 0 Å². The van der Waals surface area contributed by atoms with Crippen LogP contribution >= 0.6 is 11.3 Å². The monoisotopic (exact) mass is 263 g/mol. The maximum absolute atomic E-state index is 11.9. The summed E-state index contributed by atoms with van der Waals surface area (Å²) in [4.78, 5) is 20.1. The largest absolute Gasteiger partial charge is 0.505 e. The van der Waals surface area contributed by atoms with Gasteiger partial charge in [0.2, 0.25) is 0 Å². The Kier molecular flexibility index (Phi) is 3.57. The van der Waals surface area contributed by atoms with Crippen LogP contribution in [0.15, 0.2) is 23.7 Å². The number of pyridine rings is 1. The lowest BCUT2D eigenvalue weighted by Crippen LogP contribution is -2.27. The van der Waals surface area contributed by atoms with Gasteiger partial charge in [0.1, 0.15) is 10.8 Å². The van der Waals surface area contributed by atoms with Gasteiger partial charge in [-0.05, 0) is 26.0 Å². The van der Waals surface area contributed by atoms with E-state index < -0.39 is 5.91 Å². The molecular formula is C12H13N3O2S. The molecule has 0 aromatic carbocycles. The zero-order valence-corrected chi connectivity index (χ0v) is 10.9. The summed E-state index contributed by atoms with van der Waals surface area (Å²) in [5, 5.41) is 15.0. The van der Waals surface area contributed by atoms with Gasteiger partial charge in [0, 0.05) is 17.3 Å². The van der Waals surface area contributed by atoms with Crippen LogP contribution in [0.4, 0.5) is 0 Å². The quantitative estimate of drug-likeness (QED) is 0.888. The van der Waals surface area contributed by atoms with Gasteiger partial charge in [-0.25, -0.2) is 9.97 Å². The number of hydrogen-bond donors (Lipinski definition) is 2. The van der Waals surface area contributed by atoms with E-state index in [1.165, 1.54) is 23.6 Å². The number of carbonyl (C=O) groups is 1. The highest BCUT2D eigenvalue weighted by Crippen LogP contribution is 2.19. The first-order valence-corrected chi connectivity index (χ1v) is 6.32.